The fraction of sp³-hybridized carbons (Fsp3) is 0.473. The molecule has 1 aliphatic heterocycles. The number of benzene rings is 4. The van der Waals surface area contributed by atoms with Gasteiger partial charge >= 0.3 is 23.6 Å². The van der Waals surface area contributed by atoms with Crippen molar-refractivity contribution in [1.82, 2.24) is 41.3 Å². The Labute approximate surface area is 856 Å². The third kappa shape index (κ3) is 23.8. The number of Topliss-reactive ketones (excluding diaryl/α,β-unsaturated/α-hetero) is 1. The number of pyridine rings is 3. The minimum absolute atomic E-state index is 0.0135. The standard InChI is InChI=1S/C31H37N3O6.C28H35NO8S2.C27H35N3O5.C24H29BrN2O4/c1-19-26(27-32-15-16-39-27)33(4)28-20(17-23(29(35)34(19)28)31(2,3)30(36)37)18-25(40-21-11-7-6-8-12-21)22-13-9-10-14-24(22)38-5;1-5-36-28(31)25-18(2)29-26(30)19(12-15-39(4,32)33)16-20(27(29)38-25)17-24(37-21-10-13-35-14-11-21)22-8-6-7-9-23(22)34-3;1-17-18(2)30-24(28-17)19(16-29(26(30)33)27(3,4)25(31)32)15-23(35-20-11-7-6-8-12-20)21-13-9-10-14-22(21)34-5;1-14-21(25)26(5)22-16(12-18(23(29)27(14)22)24(3,4)15(2)28)13-20(31-7)17-10-8-9-11-19(17)30-6/h9-10,13-17,21,25H,6-8,11-12,18H2,1-5H3,(H,36,37);6-9,16,21,24H,5,10-15,17H2,1-4H3;9-10,13-14,16,20,23H,6-8,11-12,15H2,1-5H3,(H,31,32);8-12,20H,13H2,1-7H3/t25-;24-;23-;20-/m0000/s1. The number of halogens is 1. The number of carboxylic acids is 2. The lowest BCUT2D eigenvalue weighted by Crippen LogP contribution is -2.45. The van der Waals surface area contributed by atoms with Crippen LogP contribution >= 0.6 is 27.3 Å². The van der Waals surface area contributed by atoms with Gasteiger partial charge in [-0.05, 0) is 210 Å². The molecule has 3 fully saturated rings. The van der Waals surface area contributed by atoms with Gasteiger partial charge in [0.25, 0.3) is 16.7 Å². The Morgan fingerprint density at radius 3 is 1.43 bits per heavy atom. The number of fused-ring (bicyclic) bond motifs is 4. The molecular formula is C110H136BrN9O23S2. The van der Waals surface area contributed by atoms with Crippen molar-refractivity contribution >= 4 is 82.6 Å². The lowest BCUT2D eigenvalue weighted by atomic mass is 9.81. The van der Waals surface area contributed by atoms with Gasteiger partial charge in [-0.15, -0.1) is 11.3 Å². The molecule has 0 amide bonds. The van der Waals surface area contributed by atoms with Crippen LogP contribution in [0, 0.1) is 34.6 Å². The minimum atomic E-state index is -3.30. The molecule has 16 rings (SSSR count). The van der Waals surface area contributed by atoms with E-state index >= 15 is 0 Å². The van der Waals surface area contributed by atoms with Crippen molar-refractivity contribution in [2.45, 2.75) is 258 Å². The highest BCUT2D eigenvalue weighted by molar-refractivity contribution is 9.10. The number of esters is 1. The van der Waals surface area contributed by atoms with Crippen LogP contribution in [0.3, 0.4) is 0 Å². The molecule has 13 aromatic rings. The first-order valence-corrected chi connectivity index (χ1v) is 52.9. The van der Waals surface area contributed by atoms with Gasteiger partial charge in [0.05, 0.1) is 118 Å². The molecule has 3 aliphatic rings. The summed E-state index contributed by atoms with van der Waals surface area (Å²) in [7, 11) is 8.69. The monoisotopic (exact) mass is 2090 g/mol. The predicted octanol–water partition coefficient (Wildman–Crippen LogP) is 18.6. The number of aliphatic carboxylic acids is 2. The Hall–Kier alpha value is -12.1. The largest absolute Gasteiger partial charge is 0.496 e. The first-order chi connectivity index (χ1) is 69.0. The van der Waals surface area contributed by atoms with E-state index in [1.54, 1.807) is 110 Å². The molecule has 4 aromatic carbocycles. The van der Waals surface area contributed by atoms with E-state index in [0.29, 0.717) is 105 Å². The second kappa shape index (κ2) is 47.2. The van der Waals surface area contributed by atoms with Gasteiger partial charge in [-0.3, -0.25) is 41.7 Å². The average Bonchev–Trinajstić information content (AvgIpc) is 1.61. The molecule has 2 aliphatic carbocycles. The molecule has 145 heavy (non-hydrogen) atoms. The predicted molar refractivity (Wildman–Crippen MR) is 559 cm³/mol. The van der Waals surface area contributed by atoms with E-state index in [4.69, 9.17) is 56.8 Å². The van der Waals surface area contributed by atoms with Crippen molar-refractivity contribution in [3.8, 4) is 34.6 Å². The van der Waals surface area contributed by atoms with Crippen molar-refractivity contribution in [2.75, 3.05) is 67.4 Å². The van der Waals surface area contributed by atoms with E-state index in [1.165, 1.54) is 64.6 Å². The number of hydrogen-bond donors (Lipinski definition) is 2. The third-order valence-corrected chi connectivity index (χ3v) is 31.8. The van der Waals surface area contributed by atoms with E-state index in [0.717, 1.165) is 154 Å². The van der Waals surface area contributed by atoms with E-state index in [1.807, 2.05) is 154 Å². The number of rotatable bonds is 35. The first-order valence-electron chi connectivity index (χ1n) is 49.2. The summed E-state index contributed by atoms with van der Waals surface area (Å²) in [5.74, 6) is 0.404. The maximum atomic E-state index is 13.9. The molecule has 778 valence electrons. The second-order valence-electron chi connectivity index (χ2n) is 39.1. The molecule has 1 saturated heterocycles. The number of ether oxygens (including phenoxy) is 10. The smallest absolute Gasteiger partial charge is 0.350 e. The fourth-order valence-electron chi connectivity index (χ4n) is 19.6. The zero-order chi connectivity index (χ0) is 105. The number of carbonyl (C=O) groups excluding carboxylic acids is 2. The Morgan fingerprint density at radius 1 is 0.538 bits per heavy atom. The van der Waals surface area contributed by atoms with E-state index in [-0.39, 0.29) is 83.4 Å². The SMILES string of the molecule is CCOC(=O)c1sc2c(C[C@H](OC3CCOCC3)c3ccccc3OC)cc(CCS(C)(=O)=O)c(=O)n2c1C.COc1ccccc1[C@H](Cc1cc(C(C)(C)C(=O)O)c(=O)n2c(C)c(-c3ncco3)n(C)c12)OC1CCCCC1.COc1ccccc1[C@H](Cc1cc(C(C)(C)C(C)=O)c(=O)n2c(C)c(Br)n(C)c12)OC.COc1ccccc1[C@H](Cc1cn(C(C)(C)C(=O)O)c(=O)n2c(C)c(C)nc12)OC1CCCCC1. The summed E-state index contributed by atoms with van der Waals surface area (Å²) in [6.45, 7) is 23.6. The zero-order valence-corrected chi connectivity index (χ0v) is 90.0. The molecule has 9 aromatic heterocycles. The number of thiazole rings is 1. The maximum Gasteiger partial charge on any atom is 0.350 e. The van der Waals surface area contributed by atoms with E-state index < -0.39 is 55.9 Å². The fourth-order valence-corrected chi connectivity index (χ4v) is 21.7. The number of oxazole rings is 1. The number of aryl methyl sites for hydroxylation is 8. The van der Waals surface area contributed by atoms with E-state index in [9.17, 15) is 57.0 Å². The number of aromatic nitrogens is 9. The van der Waals surface area contributed by atoms with E-state index in [2.05, 4.69) is 20.9 Å². The molecule has 0 radical (unpaired) electrons. The van der Waals surface area contributed by atoms with Gasteiger partial charge in [0, 0.05) is 128 Å². The molecule has 4 atom stereocenters. The Morgan fingerprint density at radius 2 is 0.986 bits per heavy atom. The minimum Gasteiger partial charge on any atom is -0.496 e. The molecule has 0 unspecified atom stereocenters. The van der Waals surface area contributed by atoms with Crippen molar-refractivity contribution in [3.05, 3.63) is 275 Å². The highest BCUT2D eigenvalue weighted by Gasteiger charge is 2.40. The van der Waals surface area contributed by atoms with Crippen LogP contribution in [-0.4, -0.2) is 169 Å². The van der Waals surface area contributed by atoms with Crippen molar-refractivity contribution in [2.24, 2.45) is 14.1 Å². The highest BCUT2D eigenvalue weighted by Crippen LogP contribution is 2.43. The highest BCUT2D eigenvalue weighted by atomic mass is 79.9. The number of sulfone groups is 1. The Kier molecular flexibility index (Phi) is 35.8. The summed E-state index contributed by atoms with van der Waals surface area (Å²) in [6, 6.07) is 36.4. The number of imidazole rings is 3. The maximum absolute atomic E-state index is 13.9. The topological polar surface area (TPSA) is 375 Å². The van der Waals surface area contributed by atoms with Crippen LogP contribution in [-0.2, 0) is 115 Å². The number of methoxy groups -OCH3 is 5. The summed E-state index contributed by atoms with van der Waals surface area (Å²) < 4.78 is 101. The molecule has 35 heteroatoms. The lowest BCUT2D eigenvalue weighted by Gasteiger charge is -2.29. The number of carboxylic acid groups (broad SMARTS) is 2. The molecule has 2 N–H and O–H groups in total. The summed E-state index contributed by atoms with van der Waals surface area (Å²) in [6.07, 6.45) is 18.9. The first kappa shape index (κ1) is 110. The Balaban J connectivity index is 0.000000163. The van der Waals surface area contributed by atoms with Crippen LogP contribution in [0.1, 0.15) is 256 Å². The number of carbonyl (C=O) groups is 4. The number of para-hydroxylation sites is 4. The Bertz CT molecular complexity index is 7260. The second-order valence-corrected chi connectivity index (χ2v) is 43.1. The molecule has 32 nitrogen and oxygen atoms in total. The van der Waals surface area contributed by atoms with Gasteiger partial charge in [0.1, 0.15) is 87.4 Å². The van der Waals surface area contributed by atoms with Gasteiger partial charge in [0.15, 0.2) is 0 Å². The van der Waals surface area contributed by atoms with Crippen molar-refractivity contribution in [1.29, 1.82) is 0 Å². The van der Waals surface area contributed by atoms with Crippen LogP contribution in [0.2, 0.25) is 0 Å². The van der Waals surface area contributed by atoms with Crippen LogP contribution in [0.4, 0.5) is 0 Å². The summed E-state index contributed by atoms with van der Waals surface area (Å²) in [5, 5.41) is 20.0. The van der Waals surface area contributed by atoms with Gasteiger partial charge in [-0.25, -0.2) is 37.2 Å². The summed E-state index contributed by atoms with van der Waals surface area (Å²) in [5.41, 5.74) is 8.78. The molecule has 0 spiro atoms. The number of nitrogens with zero attached hydrogens (tertiary/aromatic N) is 9. The molecular weight excluding hydrogens is 1960 g/mol. The van der Waals surface area contributed by atoms with Crippen molar-refractivity contribution in [3.63, 3.8) is 0 Å². The van der Waals surface area contributed by atoms with Crippen molar-refractivity contribution < 1.29 is 89.6 Å². The number of ketones is 1. The summed E-state index contributed by atoms with van der Waals surface area (Å²) >= 11 is 4.80. The summed E-state index contributed by atoms with van der Waals surface area (Å²) in [4.78, 5) is 114. The normalized spacial score (nSPS) is 15.0. The number of hydrogen-bond acceptors (Lipinski definition) is 24. The van der Waals surface area contributed by atoms with Gasteiger partial charge in [-0.2, -0.15) is 0 Å². The molecule has 2 saturated carbocycles. The molecule has 10 heterocycles. The zero-order valence-electron chi connectivity index (χ0n) is 86.8. The van der Waals surface area contributed by atoms with Crippen LogP contribution in [0.5, 0.6) is 23.0 Å². The molecule has 0 bridgehead atoms. The lowest BCUT2D eigenvalue weighted by molar-refractivity contribution is -0.146. The van der Waals surface area contributed by atoms with Crippen LogP contribution in [0.25, 0.3) is 33.4 Å². The van der Waals surface area contributed by atoms with Crippen LogP contribution < -0.4 is 41.3 Å². The van der Waals surface area contributed by atoms with Crippen LogP contribution in [0.15, 0.2) is 162 Å². The quantitative estimate of drug-likeness (QED) is 0.0348. The van der Waals surface area contributed by atoms with Gasteiger partial charge in [0.2, 0.25) is 5.89 Å². The van der Waals surface area contributed by atoms with Gasteiger partial charge < -0.3 is 71.1 Å². The van der Waals surface area contributed by atoms with Gasteiger partial charge in [-0.1, -0.05) is 111 Å². The average molecular weight is 2100 g/mol. The third-order valence-electron chi connectivity index (χ3n) is 28.5.